The van der Waals surface area contributed by atoms with Gasteiger partial charge in [0.25, 0.3) is 0 Å². The molecule has 264 valence electrons. The zero-order valence-corrected chi connectivity index (χ0v) is 31.0. The molecule has 0 saturated carbocycles. The van der Waals surface area contributed by atoms with Gasteiger partial charge in [0.15, 0.2) is 0 Å². The molecule has 0 unspecified atom stereocenters. The van der Waals surface area contributed by atoms with E-state index in [-0.39, 0.29) is 0 Å². The topological polar surface area (TPSA) is 3.24 Å². The van der Waals surface area contributed by atoms with Crippen molar-refractivity contribution < 1.29 is 0 Å². The van der Waals surface area contributed by atoms with Gasteiger partial charge in [-0.1, -0.05) is 200 Å². The van der Waals surface area contributed by atoms with E-state index >= 15 is 0 Å². The lowest BCUT2D eigenvalue weighted by Crippen LogP contribution is -2.28. The first-order valence-corrected chi connectivity index (χ1v) is 19.3. The van der Waals surface area contributed by atoms with Crippen LogP contribution in [0.15, 0.2) is 237 Å². The van der Waals surface area contributed by atoms with Gasteiger partial charge in [-0.2, -0.15) is 0 Å². The summed E-state index contributed by atoms with van der Waals surface area (Å²) in [6, 6.07) is 86.1. The molecule has 56 heavy (non-hydrogen) atoms. The quantitative estimate of drug-likeness (QED) is 0.152. The third-order valence-corrected chi connectivity index (χ3v) is 11.4. The Morgan fingerprint density at radius 2 is 0.679 bits per heavy atom. The van der Waals surface area contributed by atoms with Crippen molar-refractivity contribution in [3.63, 3.8) is 0 Å². The number of hydrogen-bond acceptors (Lipinski definition) is 1. The third-order valence-electron chi connectivity index (χ3n) is 11.4. The molecule has 0 spiro atoms. The summed E-state index contributed by atoms with van der Waals surface area (Å²) in [6.07, 6.45) is 0. The summed E-state index contributed by atoms with van der Waals surface area (Å²) in [7, 11) is 0. The van der Waals surface area contributed by atoms with Crippen molar-refractivity contribution in [2.24, 2.45) is 0 Å². The molecule has 1 aliphatic rings. The van der Waals surface area contributed by atoms with E-state index in [1.807, 2.05) is 0 Å². The average molecular weight is 714 g/mol. The molecular formula is C55H39N. The molecule has 9 aromatic carbocycles. The van der Waals surface area contributed by atoms with Crippen LogP contribution in [-0.2, 0) is 5.41 Å². The second kappa shape index (κ2) is 14.2. The van der Waals surface area contributed by atoms with Crippen LogP contribution in [0.25, 0.3) is 44.5 Å². The molecule has 9 aromatic rings. The van der Waals surface area contributed by atoms with Crippen LogP contribution in [0, 0.1) is 0 Å². The predicted molar refractivity (Wildman–Crippen MR) is 235 cm³/mol. The largest absolute Gasteiger partial charge is 0.310 e. The minimum Gasteiger partial charge on any atom is -0.310 e. The second-order valence-corrected chi connectivity index (χ2v) is 14.5. The van der Waals surface area contributed by atoms with Crippen molar-refractivity contribution >= 4 is 17.1 Å². The van der Waals surface area contributed by atoms with Crippen LogP contribution in [0.5, 0.6) is 0 Å². The van der Waals surface area contributed by atoms with Gasteiger partial charge in [0.1, 0.15) is 0 Å². The Balaban J connectivity index is 1.14. The maximum Gasteiger partial charge on any atom is 0.0713 e. The van der Waals surface area contributed by atoms with E-state index in [2.05, 4.69) is 241 Å². The molecule has 1 aliphatic carbocycles. The van der Waals surface area contributed by atoms with Crippen molar-refractivity contribution in [3.8, 4) is 44.5 Å². The van der Waals surface area contributed by atoms with Crippen LogP contribution in [0.3, 0.4) is 0 Å². The molecule has 0 aliphatic heterocycles. The van der Waals surface area contributed by atoms with E-state index in [9.17, 15) is 0 Å². The number of rotatable bonds is 8. The Hall–Kier alpha value is -7.22. The van der Waals surface area contributed by atoms with Gasteiger partial charge in [0.05, 0.1) is 5.41 Å². The van der Waals surface area contributed by atoms with E-state index in [1.165, 1.54) is 66.8 Å². The molecule has 0 heterocycles. The van der Waals surface area contributed by atoms with E-state index in [0.29, 0.717) is 0 Å². The Bertz CT molecular complexity index is 2630. The van der Waals surface area contributed by atoms with Crippen LogP contribution in [0.2, 0.25) is 0 Å². The number of nitrogens with zero attached hydrogens (tertiary/aromatic N) is 1. The van der Waals surface area contributed by atoms with E-state index < -0.39 is 5.41 Å². The van der Waals surface area contributed by atoms with Gasteiger partial charge in [-0.25, -0.2) is 0 Å². The lowest BCUT2D eigenvalue weighted by molar-refractivity contribution is 0.768. The average Bonchev–Trinajstić information content (AvgIpc) is 3.60. The van der Waals surface area contributed by atoms with Gasteiger partial charge < -0.3 is 4.90 Å². The molecule has 0 bridgehead atoms. The maximum atomic E-state index is 2.38. The third kappa shape index (κ3) is 5.65. The molecule has 10 rings (SSSR count). The van der Waals surface area contributed by atoms with Gasteiger partial charge in [0, 0.05) is 17.1 Å². The van der Waals surface area contributed by atoms with Gasteiger partial charge >= 0.3 is 0 Å². The van der Waals surface area contributed by atoms with Crippen molar-refractivity contribution in [2.75, 3.05) is 4.90 Å². The standard InChI is InChI=1S/C55H39N/c1-5-17-40(18-6-1)42-31-35-47(36-32-42)56(48-37-33-43(34-38-48)41-19-7-2-8-20-41)49-26-15-21-44(39-49)50-28-16-30-53-54(50)51-27-13-14-29-52(51)55(53,45-22-9-3-10-23-45)46-24-11-4-12-25-46/h1-39H. The van der Waals surface area contributed by atoms with Crippen molar-refractivity contribution in [1.82, 2.24) is 0 Å². The minimum absolute atomic E-state index is 0.449. The van der Waals surface area contributed by atoms with Gasteiger partial charge in [-0.3, -0.25) is 0 Å². The fourth-order valence-electron chi connectivity index (χ4n) is 8.86. The predicted octanol–water partition coefficient (Wildman–Crippen LogP) is 14.5. The Labute approximate surface area is 329 Å². The molecule has 0 amide bonds. The fraction of sp³-hybridized carbons (Fsp3) is 0.0182. The number of benzene rings is 9. The Morgan fingerprint density at radius 3 is 1.23 bits per heavy atom. The lowest BCUT2D eigenvalue weighted by Gasteiger charge is -2.34. The van der Waals surface area contributed by atoms with Gasteiger partial charge in [0.2, 0.25) is 0 Å². The van der Waals surface area contributed by atoms with Crippen LogP contribution >= 0.6 is 0 Å². The van der Waals surface area contributed by atoms with Crippen LogP contribution in [-0.4, -0.2) is 0 Å². The van der Waals surface area contributed by atoms with Crippen LogP contribution < -0.4 is 4.90 Å². The lowest BCUT2D eigenvalue weighted by atomic mass is 9.67. The Kier molecular flexibility index (Phi) is 8.46. The van der Waals surface area contributed by atoms with E-state index in [0.717, 1.165) is 17.1 Å². The summed E-state index contributed by atoms with van der Waals surface area (Å²) in [5.74, 6) is 0. The molecule has 0 fully saturated rings. The highest BCUT2D eigenvalue weighted by molar-refractivity contribution is 5.96. The maximum absolute atomic E-state index is 2.38. The Morgan fingerprint density at radius 1 is 0.268 bits per heavy atom. The molecular weight excluding hydrogens is 675 g/mol. The summed E-state index contributed by atoms with van der Waals surface area (Å²) in [6.45, 7) is 0. The summed E-state index contributed by atoms with van der Waals surface area (Å²) >= 11 is 0. The summed E-state index contributed by atoms with van der Waals surface area (Å²) < 4.78 is 0. The number of hydrogen-bond donors (Lipinski definition) is 0. The van der Waals surface area contributed by atoms with Crippen LogP contribution in [0.1, 0.15) is 22.3 Å². The molecule has 1 heteroatoms. The SMILES string of the molecule is c1ccc(-c2ccc(N(c3ccc(-c4ccccc4)cc3)c3cccc(-c4cccc5c4-c4ccccc4C5(c4ccccc4)c4ccccc4)c3)cc2)cc1. The van der Waals surface area contributed by atoms with E-state index in [4.69, 9.17) is 0 Å². The van der Waals surface area contributed by atoms with Crippen molar-refractivity contribution in [1.29, 1.82) is 0 Å². The number of fused-ring (bicyclic) bond motifs is 3. The van der Waals surface area contributed by atoms with E-state index in [1.54, 1.807) is 0 Å². The number of anilines is 3. The van der Waals surface area contributed by atoms with Gasteiger partial charge in [-0.15, -0.1) is 0 Å². The monoisotopic (exact) mass is 713 g/mol. The highest BCUT2D eigenvalue weighted by atomic mass is 15.1. The molecule has 0 aromatic heterocycles. The first-order valence-electron chi connectivity index (χ1n) is 19.3. The molecule has 0 saturated heterocycles. The second-order valence-electron chi connectivity index (χ2n) is 14.5. The highest BCUT2D eigenvalue weighted by Crippen LogP contribution is 2.58. The summed E-state index contributed by atoms with van der Waals surface area (Å²) in [5.41, 5.74) is 17.8. The smallest absolute Gasteiger partial charge is 0.0713 e. The molecule has 1 nitrogen and oxygen atoms in total. The zero-order chi connectivity index (χ0) is 37.3. The minimum atomic E-state index is -0.449. The van der Waals surface area contributed by atoms with Crippen molar-refractivity contribution in [2.45, 2.75) is 5.41 Å². The normalized spacial score (nSPS) is 12.4. The van der Waals surface area contributed by atoms with Crippen molar-refractivity contribution in [3.05, 3.63) is 259 Å². The fourth-order valence-corrected chi connectivity index (χ4v) is 8.86. The zero-order valence-electron chi connectivity index (χ0n) is 31.0. The summed E-state index contributed by atoms with van der Waals surface area (Å²) in [4.78, 5) is 2.38. The summed E-state index contributed by atoms with van der Waals surface area (Å²) in [5, 5.41) is 0. The molecule has 0 N–H and O–H groups in total. The van der Waals surface area contributed by atoms with Gasteiger partial charge in [-0.05, 0) is 103 Å². The molecule has 0 radical (unpaired) electrons. The van der Waals surface area contributed by atoms with Crippen LogP contribution in [0.4, 0.5) is 17.1 Å². The first-order chi connectivity index (χ1) is 27.8. The highest BCUT2D eigenvalue weighted by Gasteiger charge is 2.46. The molecule has 0 atom stereocenters. The first kappa shape index (κ1) is 33.4.